The van der Waals surface area contributed by atoms with Crippen molar-refractivity contribution in [2.75, 3.05) is 7.11 Å². The lowest BCUT2D eigenvalue weighted by atomic mass is 10.0. The van der Waals surface area contributed by atoms with Crippen molar-refractivity contribution in [3.63, 3.8) is 0 Å². The quantitative estimate of drug-likeness (QED) is 0.369. The first-order valence-electron chi connectivity index (χ1n) is 6.60. The van der Waals surface area contributed by atoms with Gasteiger partial charge in [0.2, 0.25) is 0 Å². The number of methoxy groups -OCH3 is 1. The molecule has 0 saturated carbocycles. The first-order valence-corrected chi connectivity index (χ1v) is 6.60. The maximum atomic E-state index is 5.30. The fraction of sp³-hybridized carbons (Fsp3) is 0.0556. The average molecular weight is 259 g/mol. The fourth-order valence-electron chi connectivity index (χ4n) is 2.71. The number of ether oxygens (including phenoxy) is 1. The van der Waals surface area contributed by atoms with E-state index in [1.54, 1.807) is 13.3 Å². The molecule has 0 aliphatic rings. The zero-order chi connectivity index (χ0) is 13.5. The summed E-state index contributed by atoms with van der Waals surface area (Å²) in [5, 5.41) is 6.08. The van der Waals surface area contributed by atoms with E-state index in [2.05, 4.69) is 59.6 Å². The molecule has 0 bridgehead atoms. The van der Waals surface area contributed by atoms with Crippen LogP contribution in [0.4, 0.5) is 0 Å². The number of aromatic nitrogens is 1. The molecule has 0 saturated heterocycles. The number of pyridine rings is 1. The van der Waals surface area contributed by atoms with Crippen LogP contribution in [0.5, 0.6) is 5.75 Å². The molecule has 0 N–H and O–H groups in total. The van der Waals surface area contributed by atoms with E-state index in [9.17, 15) is 0 Å². The normalized spacial score (nSPS) is 11.2. The minimum absolute atomic E-state index is 0.790. The minimum Gasteiger partial charge on any atom is -0.495 e. The second kappa shape index (κ2) is 4.20. The van der Waals surface area contributed by atoms with Gasteiger partial charge in [-0.25, -0.2) is 0 Å². The number of benzene rings is 3. The molecule has 2 nitrogen and oxygen atoms in total. The Kier molecular flexibility index (Phi) is 2.36. The Morgan fingerprint density at radius 1 is 0.800 bits per heavy atom. The summed E-state index contributed by atoms with van der Waals surface area (Å²) in [7, 11) is 1.67. The third-order valence-corrected chi connectivity index (χ3v) is 3.76. The van der Waals surface area contributed by atoms with Crippen molar-refractivity contribution in [1.29, 1.82) is 0 Å². The molecule has 4 aromatic rings. The average Bonchev–Trinajstić information content (AvgIpc) is 2.52. The molecular formula is C18H13NO. The number of nitrogens with zero attached hydrogens (tertiary/aromatic N) is 1. The van der Waals surface area contributed by atoms with Crippen LogP contribution in [0.25, 0.3) is 32.4 Å². The Balaban J connectivity index is 2.18. The molecule has 2 heteroatoms. The molecule has 0 unspecified atom stereocenters. The van der Waals surface area contributed by atoms with E-state index in [1.807, 2.05) is 0 Å². The molecule has 0 aliphatic heterocycles. The van der Waals surface area contributed by atoms with Crippen molar-refractivity contribution in [2.45, 2.75) is 0 Å². The smallest absolute Gasteiger partial charge is 0.137 e. The lowest BCUT2D eigenvalue weighted by Gasteiger charge is -2.07. The molecule has 3 aromatic carbocycles. The number of fused-ring (bicyclic) bond motifs is 4. The van der Waals surface area contributed by atoms with Crippen molar-refractivity contribution < 1.29 is 4.74 Å². The number of rotatable bonds is 1. The second-order valence-corrected chi connectivity index (χ2v) is 4.93. The van der Waals surface area contributed by atoms with Crippen LogP contribution in [0.3, 0.4) is 0 Å². The summed E-state index contributed by atoms with van der Waals surface area (Å²) in [5.41, 5.74) is 0.994. The molecule has 1 aromatic heterocycles. The van der Waals surface area contributed by atoms with Crippen LogP contribution in [0.2, 0.25) is 0 Å². The molecule has 4 rings (SSSR count). The topological polar surface area (TPSA) is 22.1 Å². The molecule has 0 radical (unpaired) electrons. The van der Waals surface area contributed by atoms with Crippen LogP contribution in [0.1, 0.15) is 0 Å². The molecule has 1 heterocycles. The summed E-state index contributed by atoms with van der Waals surface area (Å²) in [5.74, 6) is 0.790. The molecule has 0 amide bonds. The van der Waals surface area contributed by atoms with Crippen LogP contribution < -0.4 is 4.74 Å². The maximum Gasteiger partial charge on any atom is 0.137 e. The second-order valence-electron chi connectivity index (χ2n) is 4.93. The van der Waals surface area contributed by atoms with E-state index >= 15 is 0 Å². The van der Waals surface area contributed by atoms with E-state index in [1.165, 1.54) is 21.5 Å². The van der Waals surface area contributed by atoms with E-state index in [4.69, 9.17) is 4.74 Å². The third kappa shape index (κ3) is 1.62. The molecule has 96 valence electrons. The van der Waals surface area contributed by atoms with Crippen LogP contribution >= 0.6 is 0 Å². The number of hydrogen-bond acceptors (Lipinski definition) is 2. The van der Waals surface area contributed by atoms with Crippen LogP contribution in [0.15, 0.2) is 60.8 Å². The Labute approximate surface area is 116 Å². The largest absolute Gasteiger partial charge is 0.495 e. The molecule has 0 fully saturated rings. The highest BCUT2D eigenvalue weighted by Gasteiger charge is 2.05. The first-order chi connectivity index (χ1) is 9.85. The predicted molar refractivity (Wildman–Crippen MR) is 83.3 cm³/mol. The van der Waals surface area contributed by atoms with Crippen molar-refractivity contribution in [2.24, 2.45) is 0 Å². The van der Waals surface area contributed by atoms with Gasteiger partial charge in [-0.2, -0.15) is 0 Å². The van der Waals surface area contributed by atoms with Crippen LogP contribution in [-0.2, 0) is 0 Å². The summed E-state index contributed by atoms with van der Waals surface area (Å²) in [6.07, 6.45) is 1.76. The molecule has 0 atom stereocenters. The van der Waals surface area contributed by atoms with Gasteiger partial charge in [0.15, 0.2) is 0 Å². The molecule has 0 spiro atoms. The van der Waals surface area contributed by atoms with Gasteiger partial charge >= 0.3 is 0 Å². The van der Waals surface area contributed by atoms with Crippen molar-refractivity contribution in [3.05, 3.63) is 60.8 Å². The van der Waals surface area contributed by atoms with Gasteiger partial charge in [-0.1, -0.05) is 30.3 Å². The molecular weight excluding hydrogens is 246 g/mol. The Hall–Kier alpha value is -2.61. The van der Waals surface area contributed by atoms with Crippen LogP contribution in [0, 0.1) is 0 Å². The SMILES string of the molecule is COc1cnc2ccc3cc4ccccc4cc3c2c1. The zero-order valence-electron chi connectivity index (χ0n) is 11.1. The molecule has 20 heavy (non-hydrogen) atoms. The van der Waals surface area contributed by atoms with Crippen molar-refractivity contribution in [3.8, 4) is 5.75 Å². The summed E-state index contributed by atoms with van der Waals surface area (Å²) in [6.45, 7) is 0. The standard InChI is InChI=1S/C18H13NO/c1-20-15-10-17-16-9-13-5-3-2-4-12(13)8-14(16)6-7-18(17)19-11-15/h2-11H,1H3. The molecule has 0 aliphatic carbocycles. The predicted octanol–water partition coefficient (Wildman–Crippen LogP) is 4.55. The highest BCUT2D eigenvalue weighted by Crippen LogP contribution is 2.30. The van der Waals surface area contributed by atoms with E-state index in [0.29, 0.717) is 0 Å². The van der Waals surface area contributed by atoms with Gasteiger partial charge < -0.3 is 4.74 Å². The van der Waals surface area contributed by atoms with Gasteiger partial charge in [0.05, 0.1) is 18.8 Å². The fourth-order valence-corrected chi connectivity index (χ4v) is 2.71. The summed E-state index contributed by atoms with van der Waals surface area (Å²) in [4.78, 5) is 4.46. The van der Waals surface area contributed by atoms with E-state index in [0.717, 1.165) is 16.7 Å². The Morgan fingerprint density at radius 3 is 2.40 bits per heavy atom. The minimum atomic E-state index is 0.790. The van der Waals surface area contributed by atoms with Crippen molar-refractivity contribution >= 4 is 32.4 Å². The van der Waals surface area contributed by atoms with Gasteiger partial charge in [0.25, 0.3) is 0 Å². The lowest BCUT2D eigenvalue weighted by molar-refractivity contribution is 0.414. The van der Waals surface area contributed by atoms with Gasteiger partial charge in [-0.15, -0.1) is 0 Å². The Morgan fingerprint density at radius 2 is 1.60 bits per heavy atom. The van der Waals surface area contributed by atoms with Gasteiger partial charge in [-0.3, -0.25) is 4.98 Å². The summed E-state index contributed by atoms with van der Waals surface area (Å²) in [6, 6.07) is 19.1. The number of hydrogen-bond donors (Lipinski definition) is 0. The monoisotopic (exact) mass is 259 g/mol. The maximum absolute atomic E-state index is 5.30. The van der Waals surface area contributed by atoms with Gasteiger partial charge in [0.1, 0.15) is 5.75 Å². The Bertz CT molecular complexity index is 944. The highest BCUT2D eigenvalue weighted by atomic mass is 16.5. The van der Waals surface area contributed by atoms with Crippen LogP contribution in [-0.4, -0.2) is 12.1 Å². The van der Waals surface area contributed by atoms with E-state index in [-0.39, 0.29) is 0 Å². The lowest BCUT2D eigenvalue weighted by Crippen LogP contribution is -1.87. The zero-order valence-corrected chi connectivity index (χ0v) is 11.1. The summed E-state index contributed by atoms with van der Waals surface area (Å²) >= 11 is 0. The summed E-state index contributed by atoms with van der Waals surface area (Å²) < 4.78 is 5.30. The first kappa shape index (κ1) is 11.2. The highest BCUT2D eigenvalue weighted by molar-refractivity contribution is 6.11. The third-order valence-electron chi connectivity index (χ3n) is 3.76. The van der Waals surface area contributed by atoms with Gasteiger partial charge in [-0.05, 0) is 45.8 Å². The van der Waals surface area contributed by atoms with Gasteiger partial charge in [0, 0.05) is 5.39 Å². The van der Waals surface area contributed by atoms with Crippen molar-refractivity contribution in [1.82, 2.24) is 4.98 Å². The van der Waals surface area contributed by atoms with E-state index < -0.39 is 0 Å².